The maximum atomic E-state index is 13.8. The van der Waals surface area contributed by atoms with Crippen LogP contribution in [0, 0.1) is 0 Å². The normalized spacial score (nSPS) is 27.1. The van der Waals surface area contributed by atoms with Crippen LogP contribution < -0.4 is 4.74 Å². The molecule has 3 aromatic rings. The summed E-state index contributed by atoms with van der Waals surface area (Å²) in [7, 11) is 0. The first-order chi connectivity index (χ1) is 11.7. The molecule has 0 N–H and O–H groups in total. The van der Waals surface area contributed by atoms with Crippen LogP contribution in [0.15, 0.2) is 24.7 Å². The molecule has 24 heavy (non-hydrogen) atoms. The fraction of sp³-hybridized carbons (Fsp3) is 0.471. The lowest BCUT2D eigenvalue weighted by Crippen LogP contribution is -2.43. The number of hydrogen-bond acceptors (Lipinski definition) is 6. The summed E-state index contributed by atoms with van der Waals surface area (Å²) in [6.07, 6.45) is 7.35. The van der Waals surface area contributed by atoms with Crippen molar-refractivity contribution in [3.63, 3.8) is 0 Å². The van der Waals surface area contributed by atoms with Crippen molar-refractivity contribution in [3.8, 4) is 6.01 Å². The predicted octanol–water partition coefficient (Wildman–Crippen LogP) is 3.19. The molecule has 124 valence electrons. The summed E-state index contributed by atoms with van der Waals surface area (Å²) in [5.41, 5.74) is -0.165. The molecule has 5 heterocycles. The summed E-state index contributed by atoms with van der Waals surface area (Å²) < 4.78 is 20.8. The Morgan fingerprint density at radius 1 is 1.38 bits per heavy atom. The van der Waals surface area contributed by atoms with Gasteiger partial charge in [-0.2, -0.15) is 4.98 Å². The standard InChI is InChI=1S/C17H17FN4OS/c18-11-6-17(3-1-5-22(17)9-11)10-23-16-20-7-13-12-2-4-19-8-14(12)24-15(13)21-16/h2,4,7-8,11H,1,3,5-6,9-10H2/t11-,17+/m1/s1. The molecule has 0 radical (unpaired) electrons. The van der Waals surface area contributed by atoms with Crippen LogP contribution in [0.4, 0.5) is 4.39 Å². The van der Waals surface area contributed by atoms with Gasteiger partial charge in [0.05, 0.1) is 10.2 Å². The number of fused-ring (bicyclic) bond motifs is 4. The molecule has 5 nitrogen and oxygen atoms in total. The average molecular weight is 344 g/mol. The molecular weight excluding hydrogens is 327 g/mol. The third-order valence-electron chi connectivity index (χ3n) is 5.24. The molecule has 0 amide bonds. The lowest BCUT2D eigenvalue weighted by atomic mass is 9.95. The third-order valence-corrected chi connectivity index (χ3v) is 6.29. The fourth-order valence-corrected chi connectivity index (χ4v) is 5.12. The van der Waals surface area contributed by atoms with Gasteiger partial charge in [-0.15, -0.1) is 11.3 Å². The van der Waals surface area contributed by atoms with E-state index < -0.39 is 6.17 Å². The Hall–Kier alpha value is -1.86. The Labute approximate surface area is 142 Å². The van der Waals surface area contributed by atoms with Crippen LogP contribution in [-0.4, -0.2) is 51.3 Å². The van der Waals surface area contributed by atoms with E-state index in [0.717, 1.165) is 39.7 Å². The molecule has 2 aliphatic heterocycles. The number of aromatic nitrogens is 3. The molecule has 0 aromatic carbocycles. The number of ether oxygens (including phenoxy) is 1. The second-order valence-corrected chi connectivity index (χ2v) is 7.74. The van der Waals surface area contributed by atoms with Gasteiger partial charge in [-0.1, -0.05) is 0 Å². The van der Waals surface area contributed by atoms with Gasteiger partial charge in [0.15, 0.2) is 0 Å². The van der Waals surface area contributed by atoms with E-state index in [4.69, 9.17) is 4.74 Å². The lowest BCUT2D eigenvalue weighted by Gasteiger charge is -2.30. The molecule has 0 spiro atoms. The maximum Gasteiger partial charge on any atom is 0.317 e. The van der Waals surface area contributed by atoms with Crippen molar-refractivity contribution in [2.75, 3.05) is 19.7 Å². The molecular formula is C17H17FN4OS. The fourth-order valence-electron chi connectivity index (χ4n) is 4.12. The Balaban J connectivity index is 1.42. The van der Waals surface area contributed by atoms with E-state index in [9.17, 15) is 4.39 Å². The summed E-state index contributed by atoms with van der Waals surface area (Å²) in [5.74, 6) is 0. The highest BCUT2D eigenvalue weighted by Crippen LogP contribution is 2.40. The maximum absolute atomic E-state index is 13.8. The average Bonchev–Trinajstić information content (AvgIpc) is 3.22. The molecule has 0 aliphatic carbocycles. The minimum Gasteiger partial charge on any atom is -0.461 e. The monoisotopic (exact) mass is 344 g/mol. The number of rotatable bonds is 3. The highest BCUT2D eigenvalue weighted by Gasteiger charge is 2.49. The van der Waals surface area contributed by atoms with Gasteiger partial charge in [-0.3, -0.25) is 9.88 Å². The van der Waals surface area contributed by atoms with Crippen molar-refractivity contribution >= 4 is 31.6 Å². The Morgan fingerprint density at radius 2 is 2.33 bits per heavy atom. The number of halogens is 1. The lowest BCUT2D eigenvalue weighted by molar-refractivity contribution is 0.107. The molecule has 2 atom stereocenters. The topological polar surface area (TPSA) is 51.1 Å². The first-order valence-electron chi connectivity index (χ1n) is 8.25. The largest absolute Gasteiger partial charge is 0.461 e. The highest BCUT2D eigenvalue weighted by molar-refractivity contribution is 7.25. The second kappa shape index (κ2) is 5.32. The first kappa shape index (κ1) is 14.5. The Morgan fingerprint density at radius 3 is 3.29 bits per heavy atom. The Bertz CT molecular complexity index is 916. The molecule has 2 aliphatic rings. The first-order valence-corrected chi connectivity index (χ1v) is 9.06. The zero-order chi connectivity index (χ0) is 16.1. The van der Waals surface area contributed by atoms with Crippen LogP contribution in [0.2, 0.25) is 0 Å². The van der Waals surface area contributed by atoms with Crippen LogP contribution >= 0.6 is 11.3 Å². The van der Waals surface area contributed by atoms with Gasteiger partial charge in [0.25, 0.3) is 0 Å². The van der Waals surface area contributed by atoms with Gasteiger partial charge >= 0.3 is 6.01 Å². The summed E-state index contributed by atoms with van der Waals surface area (Å²) in [6, 6.07) is 2.36. The number of alkyl halides is 1. The van der Waals surface area contributed by atoms with Crippen molar-refractivity contribution in [2.24, 2.45) is 0 Å². The minimum atomic E-state index is -0.743. The molecule has 7 heteroatoms. The van der Waals surface area contributed by atoms with Gasteiger partial charge in [0.1, 0.15) is 17.6 Å². The van der Waals surface area contributed by atoms with E-state index >= 15 is 0 Å². The number of thiophene rings is 1. The zero-order valence-electron chi connectivity index (χ0n) is 13.1. The van der Waals surface area contributed by atoms with Crippen LogP contribution in [0.3, 0.4) is 0 Å². The van der Waals surface area contributed by atoms with E-state index in [1.165, 1.54) is 0 Å². The van der Waals surface area contributed by atoms with Crippen molar-refractivity contribution in [1.82, 2.24) is 19.9 Å². The van der Waals surface area contributed by atoms with Crippen molar-refractivity contribution < 1.29 is 9.13 Å². The number of nitrogens with zero attached hydrogens (tertiary/aromatic N) is 4. The number of pyridine rings is 1. The summed E-state index contributed by atoms with van der Waals surface area (Å²) in [4.78, 5) is 16.2. The van der Waals surface area contributed by atoms with Gasteiger partial charge in [0, 0.05) is 42.3 Å². The van der Waals surface area contributed by atoms with Crippen LogP contribution in [0.1, 0.15) is 19.3 Å². The molecule has 3 aromatic heterocycles. The zero-order valence-corrected chi connectivity index (χ0v) is 13.9. The quantitative estimate of drug-likeness (QED) is 0.730. The van der Waals surface area contributed by atoms with Crippen molar-refractivity contribution in [3.05, 3.63) is 24.7 Å². The van der Waals surface area contributed by atoms with Gasteiger partial charge < -0.3 is 4.74 Å². The van der Waals surface area contributed by atoms with Crippen LogP contribution in [0.5, 0.6) is 6.01 Å². The van der Waals surface area contributed by atoms with Gasteiger partial charge in [-0.25, -0.2) is 9.37 Å². The van der Waals surface area contributed by atoms with Crippen molar-refractivity contribution in [1.29, 1.82) is 0 Å². The molecule has 2 saturated heterocycles. The molecule has 0 unspecified atom stereocenters. The Kier molecular flexibility index (Phi) is 3.21. The van der Waals surface area contributed by atoms with Crippen LogP contribution in [0.25, 0.3) is 20.3 Å². The minimum absolute atomic E-state index is 0.165. The third kappa shape index (κ3) is 2.18. The summed E-state index contributed by atoms with van der Waals surface area (Å²) in [6.45, 7) is 1.96. The van der Waals surface area contributed by atoms with E-state index in [0.29, 0.717) is 25.6 Å². The highest BCUT2D eigenvalue weighted by atomic mass is 32.1. The molecule has 5 rings (SSSR count). The second-order valence-electron chi connectivity index (χ2n) is 6.71. The molecule has 2 fully saturated rings. The molecule has 0 saturated carbocycles. The summed E-state index contributed by atoms with van der Waals surface area (Å²) in [5, 5.41) is 2.14. The SMILES string of the molecule is F[C@H]1CN2CCC[C@@]2(COc2ncc3c(n2)sc2cnccc23)C1. The van der Waals surface area contributed by atoms with E-state index in [1.807, 2.05) is 18.5 Å². The van der Waals surface area contributed by atoms with Crippen LogP contribution in [-0.2, 0) is 0 Å². The number of hydrogen-bond donors (Lipinski definition) is 0. The molecule has 0 bridgehead atoms. The predicted molar refractivity (Wildman–Crippen MR) is 91.3 cm³/mol. The summed E-state index contributed by atoms with van der Waals surface area (Å²) >= 11 is 1.59. The van der Waals surface area contributed by atoms with Gasteiger partial charge in [0.2, 0.25) is 0 Å². The van der Waals surface area contributed by atoms with E-state index in [-0.39, 0.29) is 5.54 Å². The van der Waals surface area contributed by atoms with Gasteiger partial charge in [-0.05, 0) is 25.5 Å². The van der Waals surface area contributed by atoms with E-state index in [1.54, 1.807) is 17.5 Å². The van der Waals surface area contributed by atoms with Crippen molar-refractivity contribution in [2.45, 2.75) is 31.0 Å². The van der Waals surface area contributed by atoms with E-state index in [2.05, 4.69) is 19.9 Å². The smallest absolute Gasteiger partial charge is 0.317 e.